The molecule has 0 aliphatic heterocycles. The second-order valence-electron chi connectivity index (χ2n) is 8.36. The van der Waals surface area contributed by atoms with Crippen molar-refractivity contribution in [2.45, 2.75) is 39.7 Å². The summed E-state index contributed by atoms with van der Waals surface area (Å²) in [5.41, 5.74) is 6.72. The fourth-order valence-corrected chi connectivity index (χ4v) is 3.46. The quantitative estimate of drug-likeness (QED) is 0.515. The average molecular weight is 399 g/mol. The molecule has 0 unspecified atom stereocenters. The minimum atomic E-state index is 0.0921. The van der Waals surface area contributed by atoms with E-state index in [0.717, 1.165) is 23.5 Å². The third kappa shape index (κ3) is 4.22. The number of hydrogen-bond donors (Lipinski definition) is 1. The Morgan fingerprint density at radius 2 is 1.73 bits per heavy atom. The number of anilines is 1. The van der Waals surface area contributed by atoms with Crippen LogP contribution in [0.4, 0.5) is 5.69 Å². The molecular weight excluding hydrogens is 372 g/mol. The van der Waals surface area contributed by atoms with Gasteiger partial charge in [-0.15, -0.1) is 0 Å². The number of aromatic nitrogens is 5. The number of rotatable bonds is 5. The summed E-state index contributed by atoms with van der Waals surface area (Å²) < 4.78 is 1.66. The van der Waals surface area contributed by atoms with Crippen LogP contribution in [0.15, 0.2) is 67.4 Å². The summed E-state index contributed by atoms with van der Waals surface area (Å²) in [5, 5.41) is 7.83. The van der Waals surface area contributed by atoms with E-state index in [-0.39, 0.29) is 5.41 Å². The fraction of sp³-hybridized carbons (Fsp3) is 0.250. The largest absolute Gasteiger partial charge is 0.378 e. The zero-order valence-electron chi connectivity index (χ0n) is 17.8. The number of benzene rings is 1. The maximum absolute atomic E-state index is 4.47. The van der Waals surface area contributed by atoms with Gasteiger partial charge in [-0.05, 0) is 41.2 Å². The zero-order chi connectivity index (χ0) is 21.1. The van der Waals surface area contributed by atoms with Crippen LogP contribution in [0.1, 0.15) is 37.5 Å². The SMILES string of the molecule is Cc1cccc(C(C)(C)C)c1CNc1cnc(-n2cc(-c3ccccn3)cn2)nc1. The van der Waals surface area contributed by atoms with Crippen molar-refractivity contribution in [3.63, 3.8) is 0 Å². The molecule has 0 atom stereocenters. The van der Waals surface area contributed by atoms with Crippen molar-refractivity contribution in [3.05, 3.63) is 84.1 Å². The van der Waals surface area contributed by atoms with Gasteiger partial charge in [0.1, 0.15) is 0 Å². The molecule has 4 aromatic rings. The summed E-state index contributed by atoms with van der Waals surface area (Å²) in [4.78, 5) is 13.3. The number of aryl methyl sites for hydroxylation is 1. The molecule has 6 nitrogen and oxygen atoms in total. The van der Waals surface area contributed by atoms with Crippen LogP contribution in [0.3, 0.4) is 0 Å². The highest BCUT2D eigenvalue weighted by atomic mass is 15.3. The lowest BCUT2D eigenvalue weighted by atomic mass is 9.82. The Morgan fingerprint density at radius 1 is 0.933 bits per heavy atom. The summed E-state index contributed by atoms with van der Waals surface area (Å²) >= 11 is 0. The maximum Gasteiger partial charge on any atom is 0.250 e. The first kappa shape index (κ1) is 19.8. The Bertz CT molecular complexity index is 1120. The maximum atomic E-state index is 4.47. The van der Waals surface area contributed by atoms with E-state index in [1.807, 2.05) is 24.4 Å². The van der Waals surface area contributed by atoms with E-state index in [1.54, 1.807) is 29.5 Å². The summed E-state index contributed by atoms with van der Waals surface area (Å²) in [5.74, 6) is 0.522. The van der Waals surface area contributed by atoms with Gasteiger partial charge in [-0.2, -0.15) is 5.10 Å². The standard InChI is InChI=1S/C24H26N6/c1-17-8-7-9-21(24(2,3)4)20(17)15-26-19-13-27-23(28-14-19)30-16-18(12-29-30)22-10-5-6-11-25-22/h5-14,16,26H,15H2,1-4H3. The number of pyridine rings is 1. The van der Waals surface area contributed by atoms with E-state index in [4.69, 9.17) is 0 Å². The highest BCUT2D eigenvalue weighted by Gasteiger charge is 2.18. The first-order chi connectivity index (χ1) is 14.4. The van der Waals surface area contributed by atoms with Crippen LogP contribution in [-0.2, 0) is 12.0 Å². The van der Waals surface area contributed by atoms with Gasteiger partial charge < -0.3 is 5.32 Å². The van der Waals surface area contributed by atoms with Gasteiger partial charge in [0.05, 0.1) is 30.0 Å². The molecule has 3 heterocycles. The first-order valence-corrected chi connectivity index (χ1v) is 10.0. The molecule has 30 heavy (non-hydrogen) atoms. The van der Waals surface area contributed by atoms with Crippen LogP contribution >= 0.6 is 0 Å². The summed E-state index contributed by atoms with van der Waals surface area (Å²) in [6, 6.07) is 12.3. The van der Waals surface area contributed by atoms with Crippen LogP contribution in [-0.4, -0.2) is 24.7 Å². The Labute approximate surface area is 177 Å². The van der Waals surface area contributed by atoms with Gasteiger partial charge in [-0.3, -0.25) is 4.98 Å². The Hall–Kier alpha value is -3.54. The average Bonchev–Trinajstić information content (AvgIpc) is 3.23. The van der Waals surface area contributed by atoms with Crippen molar-refractivity contribution in [1.82, 2.24) is 24.7 Å². The molecule has 0 bridgehead atoms. The topological polar surface area (TPSA) is 68.5 Å². The molecule has 0 aliphatic rings. The molecule has 152 valence electrons. The normalized spacial score (nSPS) is 11.5. The lowest BCUT2D eigenvalue weighted by molar-refractivity contribution is 0.583. The molecule has 3 aromatic heterocycles. The Kier molecular flexibility index (Phi) is 5.31. The molecule has 4 rings (SSSR count). The summed E-state index contributed by atoms with van der Waals surface area (Å²) in [7, 11) is 0. The van der Waals surface area contributed by atoms with Crippen molar-refractivity contribution < 1.29 is 0 Å². The molecule has 0 saturated carbocycles. The van der Waals surface area contributed by atoms with Crippen LogP contribution < -0.4 is 5.32 Å². The summed E-state index contributed by atoms with van der Waals surface area (Å²) in [6.07, 6.45) is 9.00. The van der Waals surface area contributed by atoms with E-state index < -0.39 is 0 Å². The van der Waals surface area contributed by atoms with E-state index in [2.05, 4.69) is 71.3 Å². The molecule has 0 radical (unpaired) electrons. The minimum absolute atomic E-state index is 0.0921. The Balaban J connectivity index is 1.49. The van der Waals surface area contributed by atoms with Crippen molar-refractivity contribution in [2.24, 2.45) is 0 Å². The van der Waals surface area contributed by atoms with E-state index in [9.17, 15) is 0 Å². The highest BCUT2D eigenvalue weighted by Crippen LogP contribution is 2.28. The monoisotopic (exact) mass is 398 g/mol. The van der Waals surface area contributed by atoms with Crippen LogP contribution in [0.25, 0.3) is 17.2 Å². The molecular formula is C24H26N6. The minimum Gasteiger partial charge on any atom is -0.378 e. The number of nitrogens with one attached hydrogen (secondary N) is 1. The van der Waals surface area contributed by atoms with Crippen LogP contribution in [0, 0.1) is 6.92 Å². The second-order valence-corrected chi connectivity index (χ2v) is 8.36. The van der Waals surface area contributed by atoms with E-state index in [1.165, 1.54) is 16.7 Å². The molecule has 6 heteroatoms. The lowest BCUT2D eigenvalue weighted by Crippen LogP contribution is -2.17. The molecule has 1 aromatic carbocycles. The molecule has 0 amide bonds. The third-order valence-corrected chi connectivity index (χ3v) is 5.07. The zero-order valence-corrected chi connectivity index (χ0v) is 17.8. The van der Waals surface area contributed by atoms with Crippen LogP contribution in [0.5, 0.6) is 0 Å². The molecule has 0 aliphatic carbocycles. The van der Waals surface area contributed by atoms with Gasteiger partial charge in [-0.25, -0.2) is 14.6 Å². The second kappa shape index (κ2) is 8.06. The van der Waals surface area contributed by atoms with E-state index in [0.29, 0.717) is 5.95 Å². The van der Waals surface area contributed by atoms with Gasteiger partial charge in [-0.1, -0.05) is 45.0 Å². The van der Waals surface area contributed by atoms with E-state index >= 15 is 0 Å². The highest BCUT2D eigenvalue weighted by molar-refractivity contribution is 5.56. The van der Waals surface area contributed by atoms with Crippen molar-refractivity contribution in [2.75, 3.05) is 5.32 Å². The van der Waals surface area contributed by atoms with Gasteiger partial charge in [0.15, 0.2) is 0 Å². The molecule has 1 N–H and O–H groups in total. The van der Waals surface area contributed by atoms with Crippen molar-refractivity contribution >= 4 is 5.69 Å². The Morgan fingerprint density at radius 3 is 2.43 bits per heavy atom. The number of nitrogens with zero attached hydrogens (tertiary/aromatic N) is 5. The van der Waals surface area contributed by atoms with Gasteiger partial charge in [0.25, 0.3) is 5.95 Å². The third-order valence-electron chi connectivity index (χ3n) is 5.07. The first-order valence-electron chi connectivity index (χ1n) is 10.0. The van der Waals surface area contributed by atoms with Gasteiger partial charge >= 0.3 is 0 Å². The van der Waals surface area contributed by atoms with Crippen LogP contribution in [0.2, 0.25) is 0 Å². The van der Waals surface area contributed by atoms with Crippen molar-refractivity contribution in [3.8, 4) is 17.2 Å². The molecule has 0 fully saturated rings. The van der Waals surface area contributed by atoms with Gasteiger partial charge in [0.2, 0.25) is 0 Å². The molecule has 0 spiro atoms. The smallest absolute Gasteiger partial charge is 0.250 e. The summed E-state index contributed by atoms with van der Waals surface area (Å²) in [6.45, 7) is 9.61. The van der Waals surface area contributed by atoms with Gasteiger partial charge in [0, 0.05) is 24.5 Å². The predicted molar refractivity (Wildman–Crippen MR) is 120 cm³/mol. The predicted octanol–water partition coefficient (Wildman–Crippen LogP) is 4.94. The van der Waals surface area contributed by atoms with Crippen molar-refractivity contribution in [1.29, 1.82) is 0 Å². The molecule has 0 saturated heterocycles. The lowest BCUT2D eigenvalue weighted by Gasteiger charge is -2.24. The fourth-order valence-electron chi connectivity index (χ4n) is 3.46. The number of hydrogen-bond acceptors (Lipinski definition) is 5.